The molecule has 4 rings (SSSR count). The van der Waals surface area contributed by atoms with Crippen molar-refractivity contribution in [2.24, 2.45) is 17.6 Å². The Balaban J connectivity index is 1.32. The van der Waals surface area contributed by atoms with Crippen LogP contribution in [0.2, 0.25) is 0 Å². The number of hydrogen-bond acceptors (Lipinski definition) is 4. The van der Waals surface area contributed by atoms with E-state index in [2.05, 4.69) is 22.4 Å². The van der Waals surface area contributed by atoms with Gasteiger partial charge in [0, 0.05) is 38.6 Å². The number of carbonyl (C=O) groups excluding carboxylic acids is 2. The van der Waals surface area contributed by atoms with Crippen molar-refractivity contribution < 1.29 is 9.59 Å². The first kappa shape index (κ1) is 19.6. The van der Waals surface area contributed by atoms with Crippen molar-refractivity contribution in [3.63, 3.8) is 0 Å². The molecule has 1 unspecified atom stereocenters. The van der Waals surface area contributed by atoms with Crippen molar-refractivity contribution in [2.75, 3.05) is 32.7 Å². The van der Waals surface area contributed by atoms with Crippen molar-refractivity contribution >= 4 is 11.8 Å². The second kappa shape index (κ2) is 8.33. The standard InChI is InChI=1S/C23H27N4O2/c1-16-5-2-8-20(22(24)28)21(16)23(29)27-14-18-12-26(13-19(18)15-27)10-4-7-17-6-3-9-25-11-17/h2-3,5-9,11,18-19H,4,10,12-15H2,1H3,(H2,24,28)/t18-,19?/m0/s1. The van der Waals surface area contributed by atoms with E-state index in [-0.39, 0.29) is 5.91 Å². The van der Waals surface area contributed by atoms with E-state index in [1.807, 2.05) is 30.2 Å². The van der Waals surface area contributed by atoms with Crippen molar-refractivity contribution in [1.29, 1.82) is 0 Å². The summed E-state index contributed by atoms with van der Waals surface area (Å²) in [6.45, 7) is 6.42. The zero-order valence-corrected chi connectivity index (χ0v) is 16.8. The van der Waals surface area contributed by atoms with E-state index < -0.39 is 5.91 Å². The first-order valence-electron chi connectivity index (χ1n) is 10.2. The summed E-state index contributed by atoms with van der Waals surface area (Å²) >= 11 is 0. The van der Waals surface area contributed by atoms with E-state index in [1.165, 1.54) is 0 Å². The lowest BCUT2D eigenvalue weighted by atomic mass is 10.00. The predicted molar refractivity (Wildman–Crippen MR) is 111 cm³/mol. The van der Waals surface area contributed by atoms with Gasteiger partial charge in [0.05, 0.1) is 11.1 Å². The zero-order chi connectivity index (χ0) is 20.4. The number of aryl methyl sites for hydroxylation is 1. The topological polar surface area (TPSA) is 79.5 Å². The highest BCUT2D eigenvalue weighted by atomic mass is 16.2. The number of nitrogens with zero attached hydrogens (tertiary/aromatic N) is 3. The van der Waals surface area contributed by atoms with Crippen LogP contribution < -0.4 is 5.73 Å². The van der Waals surface area contributed by atoms with Crippen LogP contribution in [-0.4, -0.2) is 59.3 Å². The largest absolute Gasteiger partial charge is 0.366 e. The number of pyridine rings is 1. The maximum Gasteiger partial charge on any atom is 0.254 e. The molecule has 1 aromatic heterocycles. The third-order valence-corrected chi connectivity index (χ3v) is 6.11. The fourth-order valence-corrected chi connectivity index (χ4v) is 4.66. The van der Waals surface area contributed by atoms with Crippen molar-refractivity contribution in [1.82, 2.24) is 14.8 Å². The monoisotopic (exact) mass is 391 g/mol. The highest BCUT2D eigenvalue weighted by molar-refractivity contribution is 6.07. The summed E-state index contributed by atoms with van der Waals surface area (Å²) in [6, 6.07) is 9.29. The zero-order valence-electron chi connectivity index (χ0n) is 16.8. The SMILES string of the molecule is Cc1cccc(C(N)=O)c1C(=O)N1CC2CN(CC[CH]c3cccnc3)C[C@H]2C1. The minimum atomic E-state index is -0.549. The Labute approximate surface area is 171 Å². The van der Waals surface area contributed by atoms with Gasteiger partial charge >= 0.3 is 0 Å². The fraction of sp³-hybridized carbons (Fsp3) is 0.391. The van der Waals surface area contributed by atoms with Crippen LogP contribution in [0.25, 0.3) is 0 Å². The van der Waals surface area contributed by atoms with Crippen LogP contribution in [0, 0.1) is 25.2 Å². The van der Waals surface area contributed by atoms with Crippen LogP contribution in [0.5, 0.6) is 0 Å². The second-order valence-electron chi connectivity index (χ2n) is 8.13. The lowest BCUT2D eigenvalue weighted by Gasteiger charge is -2.23. The van der Waals surface area contributed by atoms with Gasteiger partial charge in [0.1, 0.15) is 0 Å². The van der Waals surface area contributed by atoms with Gasteiger partial charge in [-0.15, -0.1) is 0 Å². The molecule has 0 saturated carbocycles. The van der Waals surface area contributed by atoms with Gasteiger partial charge in [-0.25, -0.2) is 0 Å². The number of fused-ring (bicyclic) bond motifs is 1. The summed E-state index contributed by atoms with van der Waals surface area (Å²) in [5.74, 6) is 0.382. The molecule has 0 aliphatic carbocycles. The van der Waals surface area contributed by atoms with Crippen LogP contribution >= 0.6 is 0 Å². The van der Waals surface area contributed by atoms with Gasteiger partial charge in [0.15, 0.2) is 0 Å². The number of benzene rings is 1. The van der Waals surface area contributed by atoms with E-state index in [0.717, 1.165) is 50.3 Å². The number of aromatic nitrogens is 1. The summed E-state index contributed by atoms with van der Waals surface area (Å²) in [6.07, 6.45) is 6.89. The lowest BCUT2D eigenvalue weighted by Crippen LogP contribution is -2.35. The molecular formula is C23H27N4O2. The Kier molecular flexibility index (Phi) is 5.62. The Hall–Kier alpha value is -2.73. The molecule has 0 bridgehead atoms. The van der Waals surface area contributed by atoms with Crippen molar-refractivity contribution in [3.05, 3.63) is 71.4 Å². The number of primary amides is 1. The van der Waals surface area contributed by atoms with E-state index in [1.54, 1.807) is 18.3 Å². The second-order valence-corrected chi connectivity index (χ2v) is 8.13. The molecule has 2 aliphatic rings. The average molecular weight is 391 g/mol. The molecule has 29 heavy (non-hydrogen) atoms. The van der Waals surface area contributed by atoms with Crippen LogP contribution in [0.3, 0.4) is 0 Å². The fourth-order valence-electron chi connectivity index (χ4n) is 4.66. The minimum Gasteiger partial charge on any atom is -0.366 e. The summed E-state index contributed by atoms with van der Waals surface area (Å²) < 4.78 is 0. The molecule has 151 valence electrons. The molecule has 2 atom stereocenters. The highest BCUT2D eigenvalue weighted by Crippen LogP contribution is 2.32. The molecule has 3 heterocycles. The molecular weight excluding hydrogens is 364 g/mol. The summed E-state index contributed by atoms with van der Waals surface area (Å²) in [4.78, 5) is 33.4. The quantitative estimate of drug-likeness (QED) is 0.818. The average Bonchev–Trinajstić information content (AvgIpc) is 3.27. The van der Waals surface area contributed by atoms with Crippen LogP contribution in [-0.2, 0) is 0 Å². The van der Waals surface area contributed by atoms with Gasteiger partial charge < -0.3 is 15.5 Å². The Morgan fingerprint density at radius 2 is 1.90 bits per heavy atom. The first-order valence-corrected chi connectivity index (χ1v) is 10.2. The lowest BCUT2D eigenvalue weighted by molar-refractivity contribution is 0.0768. The molecule has 6 heteroatoms. The third-order valence-electron chi connectivity index (χ3n) is 6.11. The molecule has 2 aromatic rings. The Morgan fingerprint density at radius 1 is 1.14 bits per heavy atom. The molecule has 2 amide bonds. The minimum absolute atomic E-state index is 0.0669. The van der Waals surface area contributed by atoms with Gasteiger partial charge in [-0.3, -0.25) is 14.6 Å². The van der Waals surface area contributed by atoms with Crippen LogP contribution in [0.15, 0.2) is 42.7 Å². The van der Waals surface area contributed by atoms with Gasteiger partial charge in [0.25, 0.3) is 5.91 Å². The van der Waals surface area contributed by atoms with E-state index >= 15 is 0 Å². The maximum atomic E-state index is 13.1. The number of nitrogens with two attached hydrogens (primary N) is 1. The van der Waals surface area contributed by atoms with Crippen LogP contribution in [0.1, 0.15) is 38.3 Å². The molecule has 2 fully saturated rings. The summed E-state index contributed by atoms with van der Waals surface area (Å²) in [7, 11) is 0. The summed E-state index contributed by atoms with van der Waals surface area (Å²) in [5, 5.41) is 0. The molecule has 6 nitrogen and oxygen atoms in total. The number of carbonyl (C=O) groups is 2. The number of rotatable bonds is 6. The van der Waals surface area contributed by atoms with Crippen molar-refractivity contribution in [3.8, 4) is 0 Å². The Bertz CT molecular complexity index is 885. The highest BCUT2D eigenvalue weighted by Gasteiger charge is 2.42. The molecule has 1 radical (unpaired) electrons. The Morgan fingerprint density at radius 3 is 2.55 bits per heavy atom. The van der Waals surface area contributed by atoms with Gasteiger partial charge in [-0.1, -0.05) is 18.2 Å². The van der Waals surface area contributed by atoms with E-state index in [9.17, 15) is 9.59 Å². The number of amides is 2. The predicted octanol–water partition coefficient (Wildman–Crippen LogP) is 2.14. The molecule has 2 saturated heterocycles. The van der Waals surface area contributed by atoms with Crippen molar-refractivity contribution in [2.45, 2.75) is 13.3 Å². The van der Waals surface area contributed by atoms with Gasteiger partial charge in [0.2, 0.25) is 5.91 Å². The van der Waals surface area contributed by atoms with E-state index in [0.29, 0.717) is 23.0 Å². The van der Waals surface area contributed by atoms with Gasteiger partial charge in [-0.05, 0) is 61.4 Å². The maximum absolute atomic E-state index is 13.1. The van der Waals surface area contributed by atoms with E-state index in [4.69, 9.17) is 5.73 Å². The number of likely N-dealkylation sites (tertiary alicyclic amines) is 2. The molecule has 2 N–H and O–H groups in total. The molecule has 0 spiro atoms. The van der Waals surface area contributed by atoms with Gasteiger partial charge in [-0.2, -0.15) is 0 Å². The third kappa shape index (κ3) is 4.17. The molecule has 1 aromatic carbocycles. The number of hydrogen-bond donors (Lipinski definition) is 1. The molecule has 2 aliphatic heterocycles. The normalized spacial score (nSPS) is 21.3. The smallest absolute Gasteiger partial charge is 0.254 e. The van der Waals surface area contributed by atoms with Crippen LogP contribution in [0.4, 0.5) is 0 Å². The summed E-state index contributed by atoms with van der Waals surface area (Å²) in [5.41, 5.74) is 8.24. The first-order chi connectivity index (χ1) is 14.0.